The SMILES string of the molecule is CCCC(C)c1cnc(OC(C)C)nc1. The second-order valence-corrected chi connectivity index (χ2v) is 4.16. The number of aromatic nitrogens is 2. The van der Waals surface area contributed by atoms with E-state index in [-0.39, 0.29) is 6.10 Å². The van der Waals surface area contributed by atoms with Gasteiger partial charge >= 0.3 is 6.01 Å². The first-order valence-corrected chi connectivity index (χ1v) is 5.62. The van der Waals surface area contributed by atoms with Crippen LogP contribution in [0.3, 0.4) is 0 Å². The van der Waals surface area contributed by atoms with E-state index in [0.29, 0.717) is 11.9 Å². The molecule has 0 aliphatic rings. The Morgan fingerprint density at radius 3 is 2.27 bits per heavy atom. The van der Waals surface area contributed by atoms with E-state index in [1.807, 2.05) is 26.2 Å². The molecule has 0 aromatic carbocycles. The van der Waals surface area contributed by atoms with E-state index in [1.54, 1.807) is 0 Å². The van der Waals surface area contributed by atoms with Crippen molar-refractivity contribution in [2.24, 2.45) is 0 Å². The minimum Gasteiger partial charge on any atom is -0.461 e. The van der Waals surface area contributed by atoms with Gasteiger partial charge in [0.15, 0.2) is 0 Å². The number of hydrogen-bond donors (Lipinski definition) is 0. The molecule has 0 bridgehead atoms. The Morgan fingerprint density at radius 1 is 1.20 bits per heavy atom. The summed E-state index contributed by atoms with van der Waals surface area (Å²) in [6.45, 7) is 8.33. The molecule has 1 unspecified atom stereocenters. The van der Waals surface area contributed by atoms with E-state index in [1.165, 1.54) is 18.4 Å². The third-order valence-electron chi connectivity index (χ3n) is 2.28. The van der Waals surface area contributed by atoms with Gasteiger partial charge < -0.3 is 4.74 Å². The number of nitrogens with zero attached hydrogens (tertiary/aromatic N) is 2. The summed E-state index contributed by atoms with van der Waals surface area (Å²) in [5.74, 6) is 0.531. The maximum Gasteiger partial charge on any atom is 0.316 e. The summed E-state index contributed by atoms with van der Waals surface area (Å²) in [6.07, 6.45) is 6.22. The third-order valence-corrected chi connectivity index (χ3v) is 2.28. The van der Waals surface area contributed by atoms with Gasteiger partial charge in [-0.25, -0.2) is 9.97 Å². The van der Waals surface area contributed by atoms with Gasteiger partial charge in [0.2, 0.25) is 0 Å². The molecule has 3 nitrogen and oxygen atoms in total. The minimum absolute atomic E-state index is 0.129. The molecule has 0 radical (unpaired) electrons. The third kappa shape index (κ3) is 3.86. The number of hydrogen-bond acceptors (Lipinski definition) is 3. The predicted molar refractivity (Wildman–Crippen MR) is 61.1 cm³/mol. The molecule has 15 heavy (non-hydrogen) atoms. The molecule has 0 aliphatic carbocycles. The number of ether oxygens (including phenoxy) is 1. The molecular weight excluding hydrogens is 188 g/mol. The molecule has 84 valence electrons. The zero-order valence-corrected chi connectivity index (χ0v) is 10.0. The van der Waals surface area contributed by atoms with Gasteiger partial charge in [0.25, 0.3) is 0 Å². The van der Waals surface area contributed by atoms with E-state index < -0.39 is 0 Å². The summed E-state index contributed by atoms with van der Waals surface area (Å²) >= 11 is 0. The molecule has 0 amide bonds. The van der Waals surface area contributed by atoms with Gasteiger partial charge in [0.05, 0.1) is 6.10 Å². The Hall–Kier alpha value is -1.12. The van der Waals surface area contributed by atoms with Crippen LogP contribution in [0.5, 0.6) is 6.01 Å². The van der Waals surface area contributed by atoms with Crippen molar-refractivity contribution < 1.29 is 4.74 Å². The fourth-order valence-electron chi connectivity index (χ4n) is 1.45. The lowest BCUT2D eigenvalue weighted by molar-refractivity contribution is 0.222. The zero-order chi connectivity index (χ0) is 11.3. The minimum atomic E-state index is 0.129. The van der Waals surface area contributed by atoms with Crippen molar-refractivity contribution in [2.75, 3.05) is 0 Å². The van der Waals surface area contributed by atoms with Crippen molar-refractivity contribution in [1.29, 1.82) is 0 Å². The van der Waals surface area contributed by atoms with Crippen LogP contribution < -0.4 is 4.74 Å². The van der Waals surface area contributed by atoms with Crippen LogP contribution in [-0.2, 0) is 0 Å². The van der Waals surface area contributed by atoms with Crippen molar-refractivity contribution in [1.82, 2.24) is 9.97 Å². The monoisotopic (exact) mass is 208 g/mol. The average molecular weight is 208 g/mol. The summed E-state index contributed by atoms with van der Waals surface area (Å²) < 4.78 is 5.39. The molecule has 0 aliphatic heterocycles. The molecule has 0 spiro atoms. The van der Waals surface area contributed by atoms with Gasteiger partial charge in [-0.1, -0.05) is 20.3 Å². The molecule has 0 fully saturated rings. The summed E-state index contributed by atoms with van der Waals surface area (Å²) in [5.41, 5.74) is 1.19. The zero-order valence-electron chi connectivity index (χ0n) is 10.0. The van der Waals surface area contributed by atoms with Gasteiger partial charge in [-0.15, -0.1) is 0 Å². The highest BCUT2D eigenvalue weighted by atomic mass is 16.5. The largest absolute Gasteiger partial charge is 0.461 e. The van der Waals surface area contributed by atoms with Crippen LogP contribution in [0, 0.1) is 0 Å². The van der Waals surface area contributed by atoms with E-state index in [2.05, 4.69) is 23.8 Å². The highest BCUT2D eigenvalue weighted by molar-refractivity contribution is 5.12. The van der Waals surface area contributed by atoms with Crippen LogP contribution in [0.1, 0.15) is 52.0 Å². The Bertz CT molecular complexity index is 282. The van der Waals surface area contributed by atoms with Crippen LogP contribution in [-0.4, -0.2) is 16.1 Å². The topological polar surface area (TPSA) is 35.0 Å². The van der Waals surface area contributed by atoms with Crippen LogP contribution in [0.15, 0.2) is 12.4 Å². The van der Waals surface area contributed by atoms with Crippen molar-refractivity contribution in [3.8, 4) is 6.01 Å². The molecule has 1 aromatic heterocycles. The predicted octanol–water partition coefficient (Wildman–Crippen LogP) is 3.17. The Morgan fingerprint density at radius 2 is 1.80 bits per heavy atom. The molecule has 1 atom stereocenters. The molecule has 0 saturated heterocycles. The van der Waals surface area contributed by atoms with E-state index in [4.69, 9.17) is 4.74 Å². The normalized spacial score (nSPS) is 12.9. The van der Waals surface area contributed by atoms with E-state index >= 15 is 0 Å². The van der Waals surface area contributed by atoms with Crippen LogP contribution in [0.4, 0.5) is 0 Å². The van der Waals surface area contributed by atoms with E-state index in [0.717, 1.165) is 0 Å². The van der Waals surface area contributed by atoms with Crippen molar-refractivity contribution in [3.63, 3.8) is 0 Å². The fraction of sp³-hybridized carbons (Fsp3) is 0.667. The highest BCUT2D eigenvalue weighted by Crippen LogP contribution is 2.19. The number of rotatable bonds is 5. The van der Waals surface area contributed by atoms with Gasteiger partial charge in [-0.2, -0.15) is 0 Å². The second kappa shape index (κ2) is 5.69. The Balaban J connectivity index is 2.63. The standard InChI is InChI=1S/C12H20N2O/c1-5-6-10(4)11-7-13-12(14-8-11)15-9(2)3/h7-10H,5-6H2,1-4H3. The van der Waals surface area contributed by atoms with Gasteiger partial charge in [-0.05, 0) is 31.7 Å². The maximum absolute atomic E-state index is 5.39. The smallest absolute Gasteiger partial charge is 0.316 e. The van der Waals surface area contributed by atoms with Crippen LogP contribution in [0.25, 0.3) is 0 Å². The average Bonchev–Trinajstić information content (AvgIpc) is 2.18. The fourth-order valence-corrected chi connectivity index (χ4v) is 1.45. The van der Waals surface area contributed by atoms with Gasteiger partial charge in [0.1, 0.15) is 0 Å². The summed E-state index contributed by atoms with van der Waals surface area (Å²) in [7, 11) is 0. The highest BCUT2D eigenvalue weighted by Gasteiger charge is 2.06. The molecular formula is C12H20N2O. The van der Waals surface area contributed by atoms with Crippen molar-refractivity contribution in [3.05, 3.63) is 18.0 Å². The quantitative estimate of drug-likeness (QED) is 0.745. The van der Waals surface area contributed by atoms with Gasteiger partial charge in [-0.3, -0.25) is 0 Å². The maximum atomic E-state index is 5.39. The van der Waals surface area contributed by atoms with E-state index in [9.17, 15) is 0 Å². The molecule has 1 rings (SSSR count). The van der Waals surface area contributed by atoms with Crippen molar-refractivity contribution >= 4 is 0 Å². The van der Waals surface area contributed by atoms with Gasteiger partial charge in [0, 0.05) is 12.4 Å². The molecule has 1 aromatic rings. The lowest BCUT2D eigenvalue weighted by atomic mass is 10.00. The summed E-state index contributed by atoms with van der Waals surface area (Å²) in [4.78, 5) is 8.38. The Labute approximate surface area is 91.9 Å². The Kier molecular flexibility index (Phi) is 4.53. The summed E-state index contributed by atoms with van der Waals surface area (Å²) in [6, 6.07) is 0.470. The van der Waals surface area contributed by atoms with Crippen molar-refractivity contribution in [2.45, 2.75) is 52.6 Å². The molecule has 3 heteroatoms. The van der Waals surface area contributed by atoms with Crippen LogP contribution >= 0.6 is 0 Å². The molecule has 1 heterocycles. The first kappa shape index (κ1) is 12.0. The lowest BCUT2D eigenvalue weighted by Gasteiger charge is -2.11. The molecule has 0 saturated carbocycles. The first-order chi connectivity index (χ1) is 7.13. The molecule has 0 N–H and O–H groups in total. The van der Waals surface area contributed by atoms with Crippen LogP contribution in [0.2, 0.25) is 0 Å². The second-order valence-electron chi connectivity index (χ2n) is 4.16. The first-order valence-electron chi connectivity index (χ1n) is 5.62. The summed E-state index contributed by atoms with van der Waals surface area (Å²) in [5, 5.41) is 0. The lowest BCUT2D eigenvalue weighted by Crippen LogP contribution is -2.08.